The highest BCUT2D eigenvalue weighted by Gasteiger charge is 2.11. The van der Waals surface area contributed by atoms with Crippen LogP contribution in [0.5, 0.6) is 0 Å². The van der Waals surface area contributed by atoms with Crippen molar-refractivity contribution >= 4 is 33.4 Å². The van der Waals surface area contributed by atoms with Crippen molar-refractivity contribution in [3.63, 3.8) is 0 Å². The van der Waals surface area contributed by atoms with Crippen molar-refractivity contribution in [2.45, 2.75) is 20.3 Å². The van der Waals surface area contributed by atoms with Crippen LogP contribution >= 0.6 is 0 Å². The first kappa shape index (κ1) is 17.7. The molecule has 0 bridgehead atoms. The van der Waals surface area contributed by atoms with E-state index in [0.717, 1.165) is 17.6 Å². The third-order valence-corrected chi connectivity index (χ3v) is 4.61. The Morgan fingerprint density at radius 2 is 1.86 bits per heavy atom. The number of aromatic amines is 2. The van der Waals surface area contributed by atoms with Gasteiger partial charge in [-0.1, -0.05) is 6.92 Å². The van der Waals surface area contributed by atoms with Gasteiger partial charge in [-0.15, -0.1) is 0 Å². The largest absolute Gasteiger partial charge is 0.358 e. The normalized spacial score (nSPS) is 11.1. The lowest BCUT2D eigenvalue weighted by Crippen LogP contribution is -2.14. The highest BCUT2D eigenvalue weighted by Crippen LogP contribution is 2.17. The molecule has 0 radical (unpaired) electrons. The Kier molecular flexibility index (Phi) is 4.27. The van der Waals surface area contributed by atoms with Gasteiger partial charge in [-0.25, -0.2) is 4.98 Å². The van der Waals surface area contributed by atoms with Gasteiger partial charge < -0.3 is 15.3 Å². The number of aromatic nitrogens is 3. The molecule has 0 aliphatic carbocycles. The molecule has 0 unspecified atom stereocenters. The lowest BCUT2D eigenvalue weighted by molar-refractivity contribution is 0.102. The second kappa shape index (κ2) is 6.77. The number of amides is 1. The Morgan fingerprint density at radius 1 is 1.04 bits per heavy atom. The topological polar surface area (TPSA) is 108 Å². The third-order valence-electron chi connectivity index (χ3n) is 4.61. The van der Waals surface area contributed by atoms with Crippen molar-refractivity contribution in [1.29, 1.82) is 0 Å². The molecule has 2 heterocycles. The second-order valence-corrected chi connectivity index (χ2v) is 6.61. The Morgan fingerprint density at radius 3 is 2.64 bits per heavy atom. The molecule has 0 aliphatic rings. The van der Waals surface area contributed by atoms with Gasteiger partial charge in [-0.2, -0.15) is 0 Å². The maximum atomic E-state index is 12.6. The number of rotatable bonds is 3. The van der Waals surface area contributed by atoms with Crippen LogP contribution < -0.4 is 16.3 Å². The van der Waals surface area contributed by atoms with E-state index in [4.69, 9.17) is 0 Å². The third kappa shape index (κ3) is 3.18. The summed E-state index contributed by atoms with van der Waals surface area (Å²) in [5.41, 5.74) is 2.61. The van der Waals surface area contributed by atoms with Gasteiger partial charge >= 0.3 is 0 Å². The van der Waals surface area contributed by atoms with Gasteiger partial charge in [0.1, 0.15) is 5.82 Å². The van der Waals surface area contributed by atoms with Gasteiger partial charge in [0.2, 0.25) is 0 Å². The molecule has 7 nitrogen and oxygen atoms in total. The number of aryl methyl sites for hydroxylation is 2. The number of H-pyrrole nitrogens is 2. The van der Waals surface area contributed by atoms with Crippen LogP contribution in [0.3, 0.4) is 0 Å². The van der Waals surface area contributed by atoms with Crippen LogP contribution in [0, 0.1) is 6.92 Å². The minimum Gasteiger partial charge on any atom is -0.358 e. The SMILES string of the molecule is CCc1cc(=O)c2cc(NC(=O)c3ccc4c(=O)[nH]c(C)nc4c3)ccc2[nH]1. The molecule has 0 saturated heterocycles. The molecule has 28 heavy (non-hydrogen) atoms. The molecule has 2 aromatic heterocycles. The Hall–Kier alpha value is -3.74. The van der Waals surface area contributed by atoms with E-state index in [-0.39, 0.29) is 16.9 Å². The Labute approximate surface area is 159 Å². The molecular formula is C21H18N4O3. The summed E-state index contributed by atoms with van der Waals surface area (Å²) in [6.45, 7) is 3.66. The average Bonchev–Trinajstić information content (AvgIpc) is 2.67. The fraction of sp³-hybridized carbons (Fsp3) is 0.143. The lowest BCUT2D eigenvalue weighted by atomic mass is 10.1. The van der Waals surface area contributed by atoms with E-state index in [2.05, 4.69) is 20.3 Å². The molecule has 7 heteroatoms. The van der Waals surface area contributed by atoms with Crippen molar-refractivity contribution in [1.82, 2.24) is 15.0 Å². The van der Waals surface area contributed by atoms with Gasteiger partial charge in [0.05, 0.1) is 10.9 Å². The smallest absolute Gasteiger partial charge is 0.258 e. The van der Waals surface area contributed by atoms with Crippen LogP contribution in [0.25, 0.3) is 21.8 Å². The number of benzene rings is 2. The van der Waals surface area contributed by atoms with Gasteiger partial charge in [0, 0.05) is 33.9 Å². The highest BCUT2D eigenvalue weighted by atomic mass is 16.1. The molecule has 2 aromatic carbocycles. The first-order valence-corrected chi connectivity index (χ1v) is 8.92. The number of anilines is 1. The Balaban J connectivity index is 1.68. The van der Waals surface area contributed by atoms with Gasteiger partial charge in [0.15, 0.2) is 5.43 Å². The van der Waals surface area contributed by atoms with E-state index in [9.17, 15) is 14.4 Å². The molecule has 0 atom stereocenters. The zero-order valence-corrected chi connectivity index (χ0v) is 15.4. The number of hydrogen-bond acceptors (Lipinski definition) is 4. The number of nitrogens with zero attached hydrogens (tertiary/aromatic N) is 1. The van der Waals surface area contributed by atoms with E-state index >= 15 is 0 Å². The molecule has 0 spiro atoms. The van der Waals surface area contributed by atoms with Gasteiger partial charge in [-0.3, -0.25) is 14.4 Å². The summed E-state index contributed by atoms with van der Waals surface area (Å²) in [5, 5.41) is 3.73. The van der Waals surface area contributed by atoms with E-state index in [1.54, 1.807) is 49.4 Å². The van der Waals surface area contributed by atoms with Crippen LogP contribution in [0.15, 0.2) is 52.1 Å². The first-order valence-electron chi connectivity index (χ1n) is 8.92. The van der Waals surface area contributed by atoms with Crippen LogP contribution in [0.1, 0.15) is 28.8 Å². The van der Waals surface area contributed by atoms with E-state index in [1.165, 1.54) is 0 Å². The minimum atomic E-state index is -0.345. The zero-order chi connectivity index (χ0) is 19.8. The van der Waals surface area contributed by atoms with E-state index < -0.39 is 0 Å². The Bertz CT molecular complexity index is 1350. The predicted octanol–water partition coefficient (Wildman–Crippen LogP) is 2.89. The van der Waals surface area contributed by atoms with E-state index in [1.807, 2.05) is 6.92 Å². The fourth-order valence-electron chi connectivity index (χ4n) is 3.17. The molecule has 0 aliphatic heterocycles. The zero-order valence-electron chi connectivity index (χ0n) is 15.4. The summed E-state index contributed by atoms with van der Waals surface area (Å²) in [4.78, 5) is 47.0. The monoisotopic (exact) mass is 374 g/mol. The first-order chi connectivity index (χ1) is 13.4. The number of nitrogens with one attached hydrogen (secondary N) is 3. The lowest BCUT2D eigenvalue weighted by Gasteiger charge is -2.08. The predicted molar refractivity (Wildman–Crippen MR) is 109 cm³/mol. The van der Waals surface area contributed by atoms with Crippen molar-refractivity contribution in [2.24, 2.45) is 0 Å². The molecule has 3 N–H and O–H groups in total. The van der Waals surface area contributed by atoms with Crippen molar-refractivity contribution in [3.8, 4) is 0 Å². The maximum Gasteiger partial charge on any atom is 0.258 e. The average molecular weight is 374 g/mol. The highest BCUT2D eigenvalue weighted by molar-refractivity contribution is 6.06. The van der Waals surface area contributed by atoms with Crippen LogP contribution in [-0.4, -0.2) is 20.9 Å². The van der Waals surface area contributed by atoms with Crippen LogP contribution in [0.4, 0.5) is 5.69 Å². The number of fused-ring (bicyclic) bond motifs is 2. The standard InChI is InChI=1S/C21H18N4O3/c1-3-13-10-19(26)16-9-14(5-7-17(16)24-13)25-20(27)12-4-6-15-18(8-12)22-11(2)23-21(15)28/h4-10H,3H2,1-2H3,(H,24,26)(H,25,27)(H,22,23,28). The van der Waals surface area contributed by atoms with Crippen molar-refractivity contribution in [3.05, 3.63) is 80.1 Å². The van der Waals surface area contributed by atoms with Crippen molar-refractivity contribution in [2.75, 3.05) is 5.32 Å². The minimum absolute atomic E-state index is 0.0914. The summed E-state index contributed by atoms with van der Waals surface area (Å²) < 4.78 is 0. The van der Waals surface area contributed by atoms with Crippen LogP contribution in [0.2, 0.25) is 0 Å². The number of carbonyl (C=O) groups is 1. The summed E-state index contributed by atoms with van der Waals surface area (Å²) >= 11 is 0. The molecule has 1 amide bonds. The number of hydrogen-bond donors (Lipinski definition) is 3. The fourth-order valence-corrected chi connectivity index (χ4v) is 3.17. The van der Waals surface area contributed by atoms with Crippen molar-refractivity contribution < 1.29 is 4.79 Å². The van der Waals surface area contributed by atoms with Crippen LogP contribution in [-0.2, 0) is 6.42 Å². The molecular weight excluding hydrogens is 356 g/mol. The summed E-state index contributed by atoms with van der Waals surface area (Å²) in [6.07, 6.45) is 0.738. The summed E-state index contributed by atoms with van der Waals surface area (Å²) in [5.74, 6) is 0.137. The summed E-state index contributed by atoms with van der Waals surface area (Å²) in [7, 11) is 0. The molecule has 4 rings (SSSR count). The van der Waals surface area contributed by atoms with E-state index in [0.29, 0.717) is 33.4 Å². The molecule has 0 fully saturated rings. The molecule has 0 saturated carbocycles. The molecule has 140 valence electrons. The second-order valence-electron chi connectivity index (χ2n) is 6.61. The number of pyridine rings is 1. The van der Waals surface area contributed by atoms with Gasteiger partial charge in [0.25, 0.3) is 11.5 Å². The quantitative estimate of drug-likeness (QED) is 0.512. The maximum absolute atomic E-state index is 12.6. The van der Waals surface area contributed by atoms with Gasteiger partial charge in [-0.05, 0) is 49.7 Å². The molecule has 4 aromatic rings. The summed E-state index contributed by atoms with van der Waals surface area (Å²) in [6, 6.07) is 11.5. The number of carbonyl (C=O) groups excluding carboxylic acids is 1.